The van der Waals surface area contributed by atoms with Crippen molar-refractivity contribution >= 4 is 83.8 Å². The van der Waals surface area contributed by atoms with E-state index in [4.69, 9.17) is 0 Å². The van der Waals surface area contributed by atoms with Gasteiger partial charge < -0.3 is 14.0 Å². The Hall–Kier alpha value is -6.00. The molecule has 0 aliphatic carbocycles. The van der Waals surface area contributed by atoms with E-state index in [1.807, 2.05) is 0 Å². The van der Waals surface area contributed by atoms with Gasteiger partial charge in [-0.05, 0) is 92.9 Å². The molecule has 0 N–H and O–H groups in total. The maximum absolute atomic E-state index is 2.62. The lowest BCUT2D eigenvalue weighted by atomic mass is 9.33. The number of hydrogen-bond acceptors (Lipinski definition) is 1. The third kappa shape index (κ3) is 4.20. The van der Waals surface area contributed by atoms with Crippen molar-refractivity contribution in [2.75, 3.05) is 4.90 Å². The number of aromatic nitrogens is 2. The van der Waals surface area contributed by atoms with Gasteiger partial charge in [0.25, 0.3) is 6.71 Å². The number of para-hydroxylation sites is 3. The molecule has 4 heterocycles. The van der Waals surface area contributed by atoms with E-state index < -0.39 is 0 Å². The quantitative estimate of drug-likeness (QED) is 0.164. The molecular formula is C50H42BN3. The fourth-order valence-electron chi connectivity index (χ4n) is 9.64. The van der Waals surface area contributed by atoms with Crippen molar-refractivity contribution in [2.45, 2.75) is 52.4 Å². The van der Waals surface area contributed by atoms with E-state index in [1.165, 1.54) is 99.6 Å². The summed E-state index contributed by atoms with van der Waals surface area (Å²) in [6.45, 7) is 14.0. The van der Waals surface area contributed by atoms with E-state index >= 15 is 0 Å². The van der Waals surface area contributed by atoms with Gasteiger partial charge in [-0.25, -0.2) is 0 Å². The fraction of sp³-hybridized carbons (Fsp3) is 0.160. The predicted molar refractivity (Wildman–Crippen MR) is 232 cm³/mol. The molecule has 2 aromatic heterocycles. The van der Waals surface area contributed by atoms with Gasteiger partial charge in [-0.1, -0.05) is 133 Å². The third-order valence-corrected chi connectivity index (χ3v) is 12.2. The van der Waals surface area contributed by atoms with Crippen molar-refractivity contribution in [1.82, 2.24) is 9.13 Å². The zero-order valence-electron chi connectivity index (χ0n) is 31.8. The maximum atomic E-state index is 2.62. The summed E-state index contributed by atoms with van der Waals surface area (Å²) in [6.07, 6.45) is 0. The Morgan fingerprint density at radius 1 is 0.426 bits per heavy atom. The number of hydrogen-bond donors (Lipinski definition) is 0. The van der Waals surface area contributed by atoms with Gasteiger partial charge in [0.2, 0.25) is 0 Å². The highest BCUT2D eigenvalue weighted by molar-refractivity contribution is 7.00. The van der Waals surface area contributed by atoms with Gasteiger partial charge in [0.1, 0.15) is 0 Å². The van der Waals surface area contributed by atoms with Crippen LogP contribution in [0.1, 0.15) is 52.7 Å². The monoisotopic (exact) mass is 695 g/mol. The Morgan fingerprint density at radius 2 is 1.09 bits per heavy atom. The van der Waals surface area contributed by atoms with E-state index in [0.717, 1.165) is 0 Å². The van der Waals surface area contributed by atoms with Crippen molar-refractivity contribution in [3.63, 3.8) is 0 Å². The number of anilines is 3. The van der Waals surface area contributed by atoms with Crippen LogP contribution in [0.4, 0.5) is 17.1 Å². The highest BCUT2D eigenvalue weighted by atomic mass is 15.2. The second-order valence-corrected chi connectivity index (χ2v) is 17.4. The van der Waals surface area contributed by atoms with Gasteiger partial charge in [0.05, 0.1) is 16.6 Å². The molecule has 11 rings (SSSR count). The molecule has 0 unspecified atom stereocenters. The van der Waals surface area contributed by atoms with Crippen LogP contribution in [0.5, 0.6) is 0 Å². The summed E-state index contributed by atoms with van der Waals surface area (Å²) in [6, 6.07) is 55.0. The molecule has 7 aromatic carbocycles. The van der Waals surface area contributed by atoms with Crippen LogP contribution in [0.25, 0.3) is 55.0 Å². The van der Waals surface area contributed by atoms with Crippen molar-refractivity contribution in [2.24, 2.45) is 0 Å². The SMILES string of the molecule is CC(C)(C)c1ccc(N2c3ccc(C(C)(C)C)cc3B3c4c2cccc4-n2c4c3cccc4c3ccc4c(c5ccccc5n4-c4ccccc4)c32)cc1. The van der Waals surface area contributed by atoms with Gasteiger partial charge in [-0.3, -0.25) is 0 Å². The Bertz CT molecular complexity index is 3000. The van der Waals surface area contributed by atoms with Crippen LogP contribution in [-0.2, 0) is 10.8 Å². The van der Waals surface area contributed by atoms with Gasteiger partial charge >= 0.3 is 0 Å². The lowest BCUT2D eigenvalue weighted by molar-refractivity contribution is 0.590. The second kappa shape index (κ2) is 10.8. The van der Waals surface area contributed by atoms with Crippen molar-refractivity contribution in [3.05, 3.63) is 157 Å². The Kier molecular flexibility index (Phi) is 6.30. The van der Waals surface area contributed by atoms with E-state index in [0.29, 0.717) is 0 Å². The molecule has 4 heteroatoms. The minimum atomic E-state index is 0.0160. The molecule has 0 bridgehead atoms. The summed E-state index contributed by atoms with van der Waals surface area (Å²) in [4.78, 5) is 2.53. The van der Waals surface area contributed by atoms with Crippen LogP contribution >= 0.6 is 0 Å². The molecule has 2 aliphatic heterocycles. The minimum Gasteiger partial charge on any atom is -0.311 e. The van der Waals surface area contributed by atoms with Gasteiger partial charge in [0.15, 0.2) is 0 Å². The number of nitrogens with zero attached hydrogens (tertiary/aromatic N) is 3. The molecule has 9 aromatic rings. The molecule has 0 radical (unpaired) electrons. The van der Waals surface area contributed by atoms with Crippen LogP contribution in [0.15, 0.2) is 146 Å². The third-order valence-electron chi connectivity index (χ3n) is 12.2. The second-order valence-electron chi connectivity index (χ2n) is 17.4. The Morgan fingerprint density at radius 3 is 1.87 bits per heavy atom. The average Bonchev–Trinajstić information content (AvgIpc) is 3.69. The largest absolute Gasteiger partial charge is 0.311 e. The molecule has 0 saturated heterocycles. The summed E-state index contributed by atoms with van der Waals surface area (Å²) in [5, 5.41) is 5.18. The Balaban J connectivity index is 1.28. The van der Waals surface area contributed by atoms with E-state index in [1.54, 1.807) is 0 Å². The van der Waals surface area contributed by atoms with Crippen LogP contribution in [0.3, 0.4) is 0 Å². The van der Waals surface area contributed by atoms with Crippen LogP contribution in [-0.4, -0.2) is 15.8 Å². The van der Waals surface area contributed by atoms with E-state index in [9.17, 15) is 0 Å². The zero-order valence-corrected chi connectivity index (χ0v) is 31.8. The van der Waals surface area contributed by atoms with Crippen LogP contribution in [0, 0.1) is 0 Å². The number of rotatable bonds is 2. The Labute approximate surface area is 317 Å². The molecule has 0 saturated carbocycles. The molecule has 0 fully saturated rings. The van der Waals surface area contributed by atoms with Crippen LogP contribution in [0.2, 0.25) is 0 Å². The molecule has 260 valence electrons. The first kappa shape index (κ1) is 31.5. The standard InChI is InChI=1S/C50H42BN3/c1-49(2,3)31-22-25-34(26-23-31)53-41-28-24-32(50(4,5)6)30-39(41)51-38-18-12-17-35-36-27-29-42-45(48(36)54(47(35)38)44-21-13-20-43(53)46(44)51)37-16-10-11-19-40(37)52(42)33-14-8-7-9-15-33/h7-30H,1-6H3. The fourth-order valence-corrected chi connectivity index (χ4v) is 9.64. The molecular weight excluding hydrogens is 653 g/mol. The van der Waals surface area contributed by atoms with Crippen molar-refractivity contribution in [3.8, 4) is 11.4 Å². The van der Waals surface area contributed by atoms with Crippen LogP contribution < -0.4 is 21.3 Å². The molecule has 54 heavy (non-hydrogen) atoms. The summed E-state index contributed by atoms with van der Waals surface area (Å²) >= 11 is 0. The highest BCUT2D eigenvalue weighted by Gasteiger charge is 2.42. The molecule has 0 atom stereocenters. The van der Waals surface area contributed by atoms with Crippen molar-refractivity contribution in [1.29, 1.82) is 0 Å². The van der Waals surface area contributed by atoms with E-state index in [2.05, 4.69) is 201 Å². The predicted octanol–water partition coefficient (Wildman–Crippen LogP) is 11.1. The summed E-state index contributed by atoms with van der Waals surface area (Å²) < 4.78 is 5.06. The van der Waals surface area contributed by atoms with Gasteiger partial charge in [-0.15, -0.1) is 0 Å². The average molecular weight is 696 g/mol. The summed E-state index contributed by atoms with van der Waals surface area (Å²) in [5.41, 5.74) is 18.1. The molecule has 2 aliphatic rings. The first-order valence-corrected chi connectivity index (χ1v) is 19.3. The van der Waals surface area contributed by atoms with E-state index in [-0.39, 0.29) is 17.5 Å². The minimum absolute atomic E-state index is 0.0160. The smallest absolute Gasteiger partial charge is 0.252 e. The molecule has 3 nitrogen and oxygen atoms in total. The molecule has 0 amide bonds. The lowest BCUT2D eigenvalue weighted by Gasteiger charge is -2.41. The topological polar surface area (TPSA) is 13.1 Å². The highest BCUT2D eigenvalue weighted by Crippen LogP contribution is 2.45. The number of fused-ring (bicyclic) bond motifs is 11. The maximum Gasteiger partial charge on any atom is 0.252 e. The lowest BCUT2D eigenvalue weighted by Crippen LogP contribution is -2.60. The normalized spacial score (nSPS) is 13.7. The van der Waals surface area contributed by atoms with Crippen molar-refractivity contribution < 1.29 is 0 Å². The summed E-state index contributed by atoms with van der Waals surface area (Å²) in [7, 11) is 0. The van der Waals surface area contributed by atoms with Gasteiger partial charge in [0, 0.05) is 55.5 Å². The first-order chi connectivity index (χ1) is 26.1. The number of benzene rings is 7. The first-order valence-electron chi connectivity index (χ1n) is 19.3. The van der Waals surface area contributed by atoms with Gasteiger partial charge in [-0.2, -0.15) is 0 Å². The zero-order chi connectivity index (χ0) is 36.7. The molecule has 0 spiro atoms. The summed E-state index contributed by atoms with van der Waals surface area (Å²) in [5.74, 6) is 0.